The molecule has 1 N–H and O–H groups in total. The van der Waals surface area contributed by atoms with Gasteiger partial charge in [-0.3, -0.25) is 4.79 Å². The van der Waals surface area contributed by atoms with E-state index in [0.29, 0.717) is 36.9 Å². The molecule has 0 bridgehead atoms. The number of nitrogens with one attached hydrogen (secondary N) is 1. The van der Waals surface area contributed by atoms with Crippen molar-refractivity contribution in [2.75, 3.05) is 19.9 Å². The highest BCUT2D eigenvalue weighted by Crippen LogP contribution is 2.34. The Morgan fingerprint density at radius 1 is 1.19 bits per heavy atom. The van der Waals surface area contributed by atoms with Crippen LogP contribution in [0.1, 0.15) is 15.4 Å². The van der Waals surface area contributed by atoms with E-state index in [-0.39, 0.29) is 12.7 Å². The minimum Gasteiger partial charge on any atom is -0.492 e. The third-order valence-corrected chi connectivity index (χ3v) is 4.83. The molecule has 0 saturated carbocycles. The molecule has 26 heavy (non-hydrogen) atoms. The first kappa shape index (κ1) is 16.5. The number of hydrogen-bond acceptors (Lipinski definition) is 5. The van der Waals surface area contributed by atoms with E-state index in [1.165, 1.54) is 4.88 Å². The maximum absolute atomic E-state index is 12.4. The molecule has 0 unspecified atom stereocenters. The molecular formula is C19H18N2O4S. The highest BCUT2D eigenvalue weighted by atomic mass is 32.1. The predicted molar refractivity (Wildman–Crippen MR) is 98.2 cm³/mol. The number of rotatable bonds is 7. The van der Waals surface area contributed by atoms with Gasteiger partial charge in [0.05, 0.1) is 13.1 Å². The maximum Gasteiger partial charge on any atom is 0.268 e. The molecule has 134 valence electrons. The van der Waals surface area contributed by atoms with Crippen LogP contribution in [0.25, 0.3) is 0 Å². The molecule has 1 aromatic carbocycles. The van der Waals surface area contributed by atoms with E-state index in [1.807, 2.05) is 46.5 Å². The Labute approximate surface area is 154 Å². The minimum absolute atomic E-state index is 0.110. The lowest BCUT2D eigenvalue weighted by molar-refractivity contribution is 0.0938. The first-order valence-electron chi connectivity index (χ1n) is 8.28. The number of ether oxygens (including phenoxy) is 3. The van der Waals surface area contributed by atoms with Crippen LogP contribution >= 0.6 is 11.3 Å². The van der Waals surface area contributed by atoms with Gasteiger partial charge in [0.25, 0.3) is 5.91 Å². The monoisotopic (exact) mass is 370 g/mol. The third kappa shape index (κ3) is 3.67. The van der Waals surface area contributed by atoms with Crippen molar-refractivity contribution in [3.8, 4) is 17.2 Å². The number of benzene rings is 1. The van der Waals surface area contributed by atoms with E-state index < -0.39 is 0 Å². The minimum atomic E-state index is -0.110. The zero-order chi connectivity index (χ0) is 17.8. The van der Waals surface area contributed by atoms with Crippen molar-refractivity contribution in [3.05, 3.63) is 64.6 Å². The Bertz CT molecular complexity index is 889. The fraction of sp³-hybridized carbons (Fsp3) is 0.211. The molecule has 2 aromatic heterocycles. The SMILES string of the molecule is O=C(NCCOc1ccc2c(c1)OCO2)c1cccn1Cc1cccs1. The van der Waals surface area contributed by atoms with Gasteiger partial charge in [0, 0.05) is 17.1 Å². The number of amides is 1. The van der Waals surface area contributed by atoms with Crippen LogP contribution in [0.3, 0.4) is 0 Å². The van der Waals surface area contributed by atoms with Gasteiger partial charge in [-0.05, 0) is 35.7 Å². The molecule has 4 rings (SSSR count). The number of carbonyl (C=O) groups is 1. The van der Waals surface area contributed by atoms with E-state index in [0.717, 1.165) is 5.75 Å². The van der Waals surface area contributed by atoms with Crippen molar-refractivity contribution < 1.29 is 19.0 Å². The van der Waals surface area contributed by atoms with Crippen molar-refractivity contribution in [3.63, 3.8) is 0 Å². The molecule has 7 heteroatoms. The Hall–Kier alpha value is -2.93. The third-order valence-electron chi connectivity index (χ3n) is 3.97. The van der Waals surface area contributed by atoms with Crippen LogP contribution in [0.2, 0.25) is 0 Å². The molecule has 3 heterocycles. The van der Waals surface area contributed by atoms with Crippen LogP contribution in [-0.2, 0) is 6.54 Å². The van der Waals surface area contributed by atoms with Gasteiger partial charge in [0.15, 0.2) is 11.5 Å². The summed E-state index contributed by atoms with van der Waals surface area (Å²) in [6, 6.07) is 13.2. The average molecular weight is 370 g/mol. The summed E-state index contributed by atoms with van der Waals surface area (Å²) in [7, 11) is 0. The average Bonchev–Trinajstić information content (AvgIpc) is 3.40. The maximum atomic E-state index is 12.4. The summed E-state index contributed by atoms with van der Waals surface area (Å²) in [5, 5.41) is 4.92. The van der Waals surface area contributed by atoms with Gasteiger partial charge in [-0.1, -0.05) is 6.07 Å². The van der Waals surface area contributed by atoms with E-state index in [2.05, 4.69) is 11.4 Å². The Kier molecular flexibility index (Phi) is 4.79. The largest absolute Gasteiger partial charge is 0.492 e. The van der Waals surface area contributed by atoms with Crippen molar-refractivity contribution in [2.24, 2.45) is 0 Å². The summed E-state index contributed by atoms with van der Waals surface area (Å²) in [5.41, 5.74) is 0.640. The molecular weight excluding hydrogens is 352 g/mol. The Morgan fingerprint density at radius 3 is 3.00 bits per heavy atom. The second kappa shape index (κ2) is 7.53. The fourth-order valence-electron chi connectivity index (χ4n) is 2.72. The second-order valence-electron chi connectivity index (χ2n) is 5.72. The molecule has 0 saturated heterocycles. The summed E-state index contributed by atoms with van der Waals surface area (Å²) in [6.07, 6.45) is 1.91. The number of fused-ring (bicyclic) bond motifs is 1. The lowest BCUT2D eigenvalue weighted by Gasteiger charge is -2.10. The van der Waals surface area contributed by atoms with Crippen LogP contribution in [0.15, 0.2) is 54.0 Å². The van der Waals surface area contributed by atoms with E-state index in [9.17, 15) is 4.79 Å². The molecule has 1 aliphatic heterocycles. The molecule has 0 atom stereocenters. The van der Waals surface area contributed by atoms with E-state index >= 15 is 0 Å². The van der Waals surface area contributed by atoms with Gasteiger partial charge in [-0.25, -0.2) is 0 Å². The summed E-state index contributed by atoms with van der Waals surface area (Å²) in [5.74, 6) is 1.97. The van der Waals surface area contributed by atoms with Gasteiger partial charge in [-0.2, -0.15) is 0 Å². The predicted octanol–water partition coefficient (Wildman–Crippen LogP) is 3.14. The van der Waals surface area contributed by atoms with Gasteiger partial charge in [0.1, 0.15) is 18.1 Å². The Balaban J connectivity index is 1.27. The highest BCUT2D eigenvalue weighted by molar-refractivity contribution is 7.09. The fourth-order valence-corrected chi connectivity index (χ4v) is 3.42. The standard InChI is InChI=1S/C19H18N2O4S/c22-19(16-4-1-8-21(16)12-15-3-2-10-26-15)20-7-9-23-14-5-6-17-18(11-14)25-13-24-17/h1-6,8,10-11H,7,9,12-13H2,(H,20,22). The molecule has 0 radical (unpaired) electrons. The van der Waals surface area contributed by atoms with Gasteiger partial charge in [0.2, 0.25) is 6.79 Å². The van der Waals surface area contributed by atoms with Crippen LogP contribution < -0.4 is 19.5 Å². The van der Waals surface area contributed by atoms with E-state index in [1.54, 1.807) is 17.4 Å². The quantitative estimate of drug-likeness (QED) is 0.649. The van der Waals surface area contributed by atoms with Gasteiger partial charge >= 0.3 is 0 Å². The molecule has 1 amide bonds. The summed E-state index contributed by atoms with van der Waals surface area (Å²) < 4.78 is 18.2. The van der Waals surface area contributed by atoms with Gasteiger partial charge in [-0.15, -0.1) is 11.3 Å². The number of hydrogen-bond donors (Lipinski definition) is 1. The van der Waals surface area contributed by atoms with Crippen LogP contribution in [-0.4, -0.2) is 30.4 Å². The van der Waals surface area contributed by atoms with Crippen molar-refractivity contribution >= 4 is 17.2 Å². The summed E-state index contributed by atoms with van der Waals surface area (Å²) in [4.78, 5) is 13.6. The number of thiophene rings is 1. The number of aromatic nitrogens is 1. The summed E-state index contributed by atoms with van der Waals surface area (Å²) in [6.45, 7) is 1.72. The molecule has 1 aliphatic rings. The highest BCUT2D eigenvalue weighted by Gasteiger charge is 2.14. The van der Waals surface area contributed by atoms with Crippen molar-refractivity contribution in [2.45, 2.75) is 6.54 Å². The second-order valence-corrected chi connectivity index (χ2v) is 6.75. The molecule has 0 fully saturated rings. The lowest BCUT2D eigenvalue weighted by atomic mass is 10.3. The molecule has 0 spiro atoms. The van der Waals surface area contributed by atoms with Crippen LogP contribution in [0, 0.1) is 0 Å². The zero-order valence-electron chi connectivity index (χ0n) is 14.0. The molecule has 3 aromatic rings. The topological polar surface area (TPSA) is 61.7 Å². The number of carbonyl (C=O) groups excluding carboxylic acids is 1. The van der Waals surface area contributed by atoms with Crippen LogP contribution in [0.4, 0.5) is 0 Å². The van der Waals surface area contributed by atoms with Gasteiger partial charge < -0.3 is 24.1 Å². The van der Waals surface area contributed by atoms with E-state index in [4.69, 9.17) is 14.2 Å². The van der Waals surface area contributed by atoms with Crippen molar-refractivity contribution in [1.82, 2.24) is 9.88 Å². The normalized spacial score (nSPS) is 12.2. The van der Waals surface area contributed by atoms with Crippen LogP contribution in [0.5, 0.6) is 17.2 Å². The smallest absolute Gasteiger partial charge is 0.268 e. The number of nitrogens with zero attached hydrogens (tertiary/aromatic N) is 1. The first-order valence-corrected chi connectivity index (χ1v) is 9.16. The molecule has 6 nitrogen and oxygen atoms in total. The van der Waals surface area contributed by atoms with Crippen molar-refractivity contribution in [1.29, 1.82) is 0 Å². The Morgan fingerprint density at radius 2 is 2.12 bits per heavy atom. The molecule has 0 aliphatic carbocycles. The lowest BCUT2D eigenvalue weighted by Crippen LogP contribution is -2.29. The zero-order valence-corrected chi connectivity index (χ0v) is 14.8. The summed E-state index contributed by atoms with van der Waals surface area (Å²) >= 11 is 1.68. The first-order chi connectivity index (χ1) is 12.8.